The van der Waals surface area contributed by atoms with Gasteiger partial charge in [0.2, 0.25) is 0 Å². The molecule has 3 heterocycles. The molecule has 7 heteroatoms. The van der Waals surface area contributed by atoms with Gasteiger partial charge in [-0.3, -0.25) is 19.3 Å². The zero-order valence-corrected chi connectivity index (χ0v) is 18.4. The van der Waals surface area contributed by atoms with Gasteiger partial charge in [0.05, 0.1) is 24.2 Å². The third-order valence-electron chi connectivity index (χ3n) is 5.42. The number of benzene rings is 1. The summed E-state index contributed by atoms with van der Waals surface area (Å²) in [7, 11) is 1.31. The molecular weight excluding hydrogens is 412 g/mol. The van der Waals surface area contributed by atoms with Gasteiger partial charge < -0.3 is 4.74 Å². The van der Waals surface area contributed by atoms with Gasteiger partial charge in [-0.25, -0.2) is 4.98 Å². The molecule has 160 valence electrons. The Kier molecular flexibility index (Phi) is 6.47. The molecule has 3 aromatic rings. The average Bonchev–Trinajstić information content (AvgIpc) is 3.57. The molecule has 5 rings (SSSR count). The number of hydrogen-bond donors (Lipinski definition) is 0. The molecule has 31 heavy (non-hydrogen) atoms. The minimum atomic E-state index is 0.0191. The minimum absolute atomic E-state index is 0.0191. The summed E-state index contributed by atoms with van der Waals surface area (Å²) in [5.41, 5.74) is 5.21. The number of carbonyl (C=O) groups excluding carboxylic acids is 1. The Balaban J connectivity index is 0.000000535. The molecule has 1 atom stereocenters. The van der Waals surface area contributed by atoms with E-state index in [1.807, 2.05) is 36.5 Å². The number of ether oxygens (including phenoxy) is 1. The van der Waals surface area contributed by atoms with Crippen LogP contribution in [0.15, 0.2) is 53.8 Å². The molecule has 2 aromatic heterocycles. The van der Waals surface area contributed by atoms with E-state index >= 15 is 0 Å². The maximum Gasteiger partial charge on any atom is 0.292 e. The van der Waals surface area contributed by atoms with E-state index in [1.165, 1.54) is 25.6 Å². The number of halogens is 1. The van der Waals surface area contributed by atoms with Crippen LogP contribution in [-0.2, 0) is 9.53 Å². The molecule has 0 radical (unpaired) electrons. The fraction of sp³-hybridized carbons (Fsp3) is 0.333. The normalized spacial score (nSPS) is 16.7. The summed E-state index contributed by atoms with van der Waals surface area (Å²) in [6.45, 7) is 2.57. The van der Waals surface area contributed by atoms with E-state index in [0.717, 1.165) is 41.3 Å². The van der Waals surface area contributed by atoms with Gasteiger partial charge in [-0.1, -0.05) is 31.0 Å². The Morgan fingerprint density at radius 1 is 1.23 bits per heavy atom. The van der Waals surface area contributed by atoms with Crippen LogP contribution >= 0.6 is 11.6 Å². The van der Waals surface area contributed by atoms with Crippen molar-refractivity contribution < 1.29 is 9.53 Å². The number of aliphatic imine (C=N–C) groups is 1. The molecule has 2 aliphatic rings. The summed E-state index contributed by atoms with van der Waals surface area (Å²) in [5, 5.41) is 0.709. The molecule has 0 N–H and O–H groups in total. The van der Waals surface area contributed by atoms with Crippen molar-refractivity contribution >= 4 is 23.8 Å². The number of methoxy groups -OCH3 is 1. The standard InChI is InChI=1S/C22H21ClN4.C2H4O2/c1-2-5-18-22-25-13-20(14-7-8-14)27(22)19-10-9-15(23)12-16(19)21(26-18)17-6-3-4-11-24-17;1-4-2-3/h3-4,6,9-14,18H,2,5,7-8H2,1H3;2H,1H3/t18-;/m0./s1. The van der Waals surface area contributed by atoms with Gasteiger partial charge in [0, 0.05) is 34.6 Å². The van der Waals surface area contributed by atoms with Crippen molar-refractivity contribution in [3.05, 3.63) is 76.6 Å². The molecule has 0 unspecified atom stereocenters. The molecule has 0 spiro atoms. The van der Waals surface area contributed by atoms with Crippen molar-refractivity contribution in [2.75, 3.05) is 7.11 Å². The van der Waals surface area contributed by atoms with E-state index < -0.39 is 0 Å². The highest BCUT2D eigenvalue weighted by Crippen LogP contribution is 2.44. The molecular formula is C24H25ClN4O2. The lowest BCUT2D eigenvalue weighted by molar-refractivity contribution is -0.126. The lowest BCUT2D eigenvalue weighted by Crippen LogP contribution is -2.10. The van der Waals surface area contributed by atoms with E-state index in [9.17, 15) is 0 Å². The van der Waals surface area contributed by atoms with Gasteiger partial charge in [-0.15, -0.1) is 0 Å². The molecule has 1 aliphatic heterocycles. The molecule has 0 amide bonds. The Labute approximate surface area is 187 Å². The molecule has 1 aliphatic carbocycles. The third-order valence-corrected chi connectivity index (χ3v) is 5.65. The summed E-state index contributed by atoms with van der Waals surface area (Å²) in [4.78, 5) is 23.5. The van der Waals surface area contributed by atoms with Crippen LogP contribution in [0.4, 0.5) is 0 Å². The molecule has 0 bridgehead atoms. The highest BCUT2D eigenvalue weighted by Gasteiger charge is 2.33. The van der Waals surface area contributed by atoms with Crippen LogP contribution in [0.1, 0.15) is 67.3 Å². The van der Waals surface area contributed by atoms with Gasteiger partial charge in [-0.2, -0.15) is 0 Å². The summed E-state index contributed by atoms with van der Waals surface area (Å²) < 4.78 is 6.20. The molecule has 6 nitrogen and oxygen atoms in total. The number of imidazole rings is 1. The number of nitrogens with zero attached hydrogens (tertiary/aromatic N) is 4. The van der Waals surface area contributed by atoms with Crippen molar-refractivity contribution in [3.8, 4) is 5.69 Å². The highest BCUT2D eigenvalue weighted by atomic mass is 35.5. The van der Waals surface area contributed by atoms with Gasteiger partial charge in [0.1, 0.15) is 11.9 Å². The topological polar surface area (TPSA) is 69.4 Å². The van der Waals surface area contributed by atoms with Crippen LogP contribution in [0.2, 0.25) is 5.02 Å². The van der Waals surface area contributed by atoms with Gasteiger partial charge in [0.25, 0.3) is 6.47 Å². The Hall–Kier alpha value is -2.99. The van der Waals surface area contributed by atoms with Crippen molar-refractivity contribution in [2.24, 2.45) is 4.99 Å². The van der Waals surface area contributed by atoms with E-state index in [1.54, 1.807) is 0 Å². The van der Waals surface area contributed by atoms with Crippen LogP contribution < -0.4 is 0 Å². The largest absolute Gasteiger partial charge is 0.471 e. The fourth-order valence-corrected chi connectivity index (χ4v) is 4.07. The van der Waals surface area contributed by atoms with Crippen molar-refractivity contribution in [1.29, 1.82) is 0 Å². The lowest BCUT2D eigenvalue weighted by atomic mass is 10.0. The average molecular weight is 437 g/mol. The Morgan fingerprint density at radius 3 is 2.68 bits per heavy atom. The van der Waals surface area contributed by atoms with Crippen LogP contribution in [0.25, 0.3) is 5.69 Å². The number of carbonyl (C=O) groups is 1. The maximum absolute atomic E-state index is 8.95. The zero-order valence-electron chi connectivity index (χ0n) is 17.7. The smallest absolute Gasteiger partial charge is 0.292 e. The summed E-state index contributed by atoms with van der Waals surface area (Å²) >= 11 is 6.40. The summed E-state index contributed by atoms with van der Waals surface area (Å²) in [5.74, 6) is 1.64. The summed E-state index contributed by atoms with van der Waals surface area (Å²) in [6.07, 6.45) is 8.34. The lowest BCUT2D eigenvalue weighted by Gasteiger charge is -2.15. The number of rotatable bonds is 5. The number of fused-ring (bicyclic) bond motifs is 3. The molecule has 1 fully saturated rings. The predicted octanol–water partition coefficient (Wildman–Crippen LogP) is 5.28. The number of hydrogen-bond acceptors (Lipinski definition) is 5. The number of aromatic nitrogens is 3. The van der Waals surface area contributed by atoms with Crippen molar-refractivity contribution in [3.63, 3.8) is 0 Å². The van der Waals surface area contributed by atoms with Crippen LogP contribution in [-0.4, -0.2) is 33.8 Å². The number of pyridine rings is 1. The van der Waals surface area contributed by atoms with Gasteiger partial charge >= 0.3 is 0 Å². The third kappa shape index (κ3) is 4.39. The molecule has 1 saturated carbocycles. The highest BCUT2D eigenvalue weighted by molar-refractivity contribution is 6.31. The second-order valence-corrected chi connectivity index (χ2v) is 8.08. The first-order valence-corrected chi connectivity index (χ1v) is 10.9. The van der Waals surface area contributed by atoms with Gasteiger partial charge in [0.15, 0.2) is 0 Å². The molecule has 1 aromatic carbocycles. The van der Waals surface area contributed by atoms with Crippen LogP contribution in [0.3, 0.4) is 0 Å². The summed E-state index contributed by atoms with van der Waals surface area (Å²) in [6, 6.07) is 12.0. The zero-order chi connectivity index (χ0) is 21.8. The van der Waals surface area contributed by atoms with Crippen molar-refractivity contribution in [2.45, 2.75) is 44.6 Å². The monoisotopic (exact) mass is 436 g/mol. The Morgan fingerprint density at radius 2 is 2.03 bits per heavy atom. The predicted molar refractivity (Wildman–Crippen MR) is 121 cm³/mol. The minimum Gasteiger partial charge on any atom is -0.471 e. The van der Waals surface area contributed by atoms with E-state index in [-0.39, 0.29) is 6.04 Å². The second-order valence-electron chi connectivity index (χ2n) is 7.64. The molecule has 0 saturated heterocycles. The van der Waals surface area contributed by atoms with Crippen LogP contribution in [0.5, 0.6) is 0 Å². The first-order chi connectivity index (χ1) is 15.2. The quantitative estimate of drug-likeness (QED) is 0.510. The van der Waals surface area contributed by atoms with E-state index in [0.29, 0.717) is 17.4 Å². The SMILES string of the molecule is CCC[C@@H]1N=C(c2ccccn2)c2cc(Cl)ccc2-n2c(C3CC3)cnc21.COC=O. The maximum atomic E-state index is 8.95. The first kappa shape index (κ1) is 21.2. The second kappa shape index (κ2) is 9.43. The van der Waals surface area contributed by atoms with E-state index in [4.69, 9.17) is 26.4 Å². The van der Waals surface area contributed by atoms with Gasteiger partial charge in [-0.05, 0) is 49.6 Å². The Bertz CT molecular complexity index is 1090. The first-order valence-electron chi connectivity index (χ1n) is 10.5. The van der Waals surface area contributed by atoms with Crippen LogP contribution in [0, 0.1) is 0 Å². The van der Waals surface area contributed by atoms with Crippen molar-refractivity contribution in [1.82, 2.24) is 14.5 Å². The van der Waals surface area contributed by atoms with E-state index in [2.05, 4.69) is 33.5 Å². The fourth-order valence-electron chi connectivity index (χ4n) is 3.89.